The maximum Gasteiger partial charge on any atom is 0.220 e. The molecule has 1 heterocycles. The number of carbonyl (C=O) groups is 1. The Morgan fingerprint density at radius 3 is 1.51 bits per heavy atom. The number of unbranched alkanes of at least 4 members (excludes halogenated alkanes) is 20. The average molecular weight is 858 g/mol. The molecule has 9 heteroatoms. The highest BCUT2D eigenvalue weighted by atomic mass is 16.7. The number of aliphatic hydroxyl groups excluding tert-OH is 5. The van der Waals surface area contributed by atoms with Gasteiger partial charge in [0.15, 0.2) is 6.29 Å². The summed E-state index contributed by atoms with van der Waals surface area (Å²) in [5.41, 5.74) is 0. The number of rotatable bonds is 40. The number of hydrogen-bond acceptors (Lipinski definition) is 8. The lowest BCUT2D eigenvalue weighted by atomic mass is 9.99. The van der Waals surface area contributed by atoms with Crippen LogP contribution in [0.4, 0.5) is 0 Å². The first-order chi connectivity index (χ1) is 29.8. The molecule has 7 unspecified atom stereocenters. The van der Waals surface area contributed by atoms with Gasteiger partial charge in [-0.1, -0.05) is 196 Å². The molecule has 1 saturated heterocycles. The van der Waals surface area contributed by atoms with Crippen LogP contribution in [0.15, 0.2) is 72.9 Å². The predicted molar refractivity (Wildman–Crippen MR) is 253 cm³/mol. The lowest BCUT2D eigenvalue weighted by Crippen LogP contribution is -2.60. The second-order valence-electron chi connectivity index (χ2n) is 16.9. The summed E-state index contributed by atoms with van der Waals surface area (Å²) in [7, 11) is 0. The zero-order chi connectivity index (χ0) is 44.4. The van der Waals surface area contributed by atoms with Crippen LogP contribution in [0.5, 0.6) is 0 Å². The van der Waals surface area contributed by atoms with Gasteiger partial charge in [0.05, 0.1) is 25.4 Å². The zero-order valence-corrected chi connectivity index (χ0v) is 38.6. The van der Waals surface area contributed by atoms with E-state index in [4.69, 9.17) is 9.47 Å². The van der Waals surface area contributed by atoms with Gasteiger partial charge in [-0.2, -0.15) is 0 Å². The third kappa shape index (κ3) is 32.0. The molecule has 0 saturated carbocycles. The highest BCUT2D eigenvalue weighted by Crippen LogP contribution is 2.22. The molecule has 0 aromatic rings. The molecule has 1 aliphatic rings. The number of nitrogens with one attached hydrogen (secondary N) is 1. The van der Waals surface area contributed by atoms with Gasteiger partial charge in [0.25, 0.3) is 0 Å². The van der Waals surface area contributed by atoms with Crippen molar-refractivity contribution in [1.29, 1.82) is 0 Å². The van der Waals surface area contributed by atoms with Gasteiger partial charge in [0, 0.05) is 6.42 Å². The second kappa shape index (κ2) is 41.6. The molecular weight excluding hydrogens is 767 g/mol. The van der Waals surface area contributed by atoms with Crippen molar-refractivity contribution >= 4 is 5.91 Å². The average Bonchev–Trinajstić information content (AvgIpc) is 3.26. The van der Waals surface area contributed by atoms with E-state index in [1.807, 2.05) is 6.08 Å². The van der Waals surface area contributed by atoms with Crippen LogP contribution in [0.2, 0.25) is 0 Å². The summed E-state index contributed by atoms with van der Waals surface area (Å²) in [6.07, 6.45) is 49.4. The molecule has 0 radical (unpaired) electrons. The van der Waals surface area contributed by atoms with Gasteiger partial charge < -0.3 is 40.3 Å². The molecule has 0 spiro atoms. The van der Waals surface area contributed by atoms with Gasteiger partial charge in [-0.3, -0.25) is 4.79 Å². The van der Waals surface area contributed by atoms with Gasteiger partial charge in [-0.15, -0.1) is 0 Å². The molecule has 6 N–H and O–H groups in total. The Morgan fingerprint density at radius 1 is 0.574 bits per heavy atom. The maximum absolute atomic E-state index is 13.0. The quantitative estimate of drug-likeness (QED) is 0.0264. The summed E-state index contributed by atoms with van der Waals surface area (Å²) in [4.78, 5) is 13.0. The number of hydrogen-bond donors (Lipinski definition) is 6. The summed E-state index contributed by atoms with van der Waals surface area (Å²) >= 11 is 0. The molecule has 61 heavy (non-hydrogen) atoms. The third-order valence-corrected chi connectivity index (χ3v) is 11.3. The minimum Gasteiger partial charge on any atom is -0.394 e. The maximum atomic E-state index is 13.0. The molecule has 7 atom stereocenters. The summed E-state index contributed by atoms with van der Waals surface area (Å²) in [6, 6.07) is -0.819. The van der Waals surface area contributed by atoms with Gasteiger partial charge >= 0.3 is 0 Å². The Morgan fingerprint density at radius 2 is 1.02 bits per heavy atom. The lowest BCUT2D eigenvalue weighted by Gasteiger charge is -2.40. The molecular formula is C52H91NO8. The van der Waals surface area contributed by atoms with Crippen molar-refractivity contribution in [2.45, 2.75) is 236 Å². The van der Waals surface area contributed by atoms with E-state index in [9.17, 15) is 30.3 Å². The van der Waals surface area contributed by atoms with Crippen molar-refractivity contribution in [3.63, 3.8) is 0 Å². The van der Waals surface area contributed by atoms with Crippen LogP contribution in [0.25, 0.3) is 0 Å². The number of amides is 1. The van der Waals surface area contributed by atoms with Crippen LogP contribution in [0.1, 0.15) is 194 Å². The minimum atomic E-state index is -1.57. The fraction of sp³-hybridized carbons (Fsp3) is 0.750. The summed E-state index contributed by atoms with van der Waals surface area (Å²) in [6.45, 7) is 3.64. The zero-order valence-electron chi connectivity index (χ0n) is 38.6. The summed E-state index contributed by atoms with van der Waals surface area (Å²) in [5.74, 6) is -0.198. The standard InChI is InChI=1S/C52H91NO8/c1-3-5-7-9-11-13-15-17-19-21-22-23-24-26-28-30-32-34-36-38-40-42-48(56)53-45(44-60-52-51(59)50(58)49(57)47(43-54)61-52)46(55)41-39-37-35-33-31-29-27-25-20-18-16-14-12-10-8-6-4-2/h5,7,11,13,17,19,22-23,26,28,39,41,45-47,49-52,54-55,57-59H,3-4,6,8-10,12,14-16,18,20-21,24-25,27,29-38,40,42-44H2,1-2H3,(H,53,56)/b7-5-,13-11-,19-17-,23-22-,28-26-,41-39+. The number of aliphatic hydroxyl groups is 5. The van der Waals surface area contributed by atoms with Crippen molar-refractivity contribution in [3.8, 4) is 0 Å². The molecule has 1 rings (SSSR count). The van der Waals surface area contributed by atoms with Gasteiger partial charge in [-0.05, 0) is 64.2 Å². The minimum absolute atomic E-state index is 0.198. The van der Waals surface area contributed by atoms with Crippen LogP contribution in [0.3, 0.4) is 0 Å². The first-order valence-corrected chi connectivity index (χ1v) is 24.7. The Bertz CT molecular complexity index is 1180. The van der Waals surface area contributed by atoms with E-state index in [0.29, 0.717) is 6.42 Å². The van der Waals surface area contributed by atoms with Crippen LogP contribution in [-0.4, -0.2) is 87.5 Å². The normalized spacial score (nSPS) is 21.1. The van der Waals surface area contributed by atoms with Crippen molar-refractivity contribution in [3.05, 3.63) is 72.9 Å². The third-order valence-electron chi connectivity index (χ3n) is 11.3. The Kier molecular flexibility index (Phi) is 38.7. The van der Waals surface area contributed by atoms with E-state index in [2.05, 4.69) is 79.9 Å². The van der Waals surface area contributed by atoms with E-state index < -0.39 is 49.5 Å². The number of allylic oxidation sites excluding steroid dienone is 11. The fourth-order valence-electron chi connectivity index (χ4n) is 7.36. The lowest BCUT2D eigenvalue weighted by molar-refractivity contribution is -0.302. The van der Waals surface area contributed by atoms with E-state index >= 15 is 0 Å². The number of carbonyl (C=O) groups excluding carboxylic acids is 1. The highest BCUT2D eigenvalue weighted by Gasteiger charge is 2.44. The molecule has 1 amide bonds. The highest BCUT2D eigenvalue weighted by molar-refractivity contribution is 5.76. The summed E-state index contributed by atoms with van der Waals surface area (Å²) in [5, 5.41) is 54.3. The Labute approximate surface area is 372 Å². The van der Waals surface area contributed by atoms with Gasteiger partial charge in [-0.25, -0.2) is 0 Å². The van der Waals surface area contributed by atoms with Gasteiger partial charge in [0.1, 0.15) is 24.4 Å². The molecule has 1 fully saturated rings. The van der Waals surface area contributed by atoms with Crippen LogP contribution in [0, 0.1) is 0 Å². The van der Waals surface area contributed by atoms with Gasteiger partial charge in [0.2, 0.25) is 5.91 Å². The first kappa shape index (κ1) is 56.6. The fourth-order valence-corrected chi connectivity index (χ4v) is 7.36. The van der Waals surface area contributed by atoms with E-state index in [1.165, 1.54) is 83.5 Å². The molecule has 0 aromatic heterocycles. The Hall–Kier alpha value is -2.37. The second-order valence-corrected chi connectivity index (χ2v) is 16.9. The first-order valence-electron chi connectivity index (χ1n) is 24.7. The van der Waals surface area contributed by atoms with E-state index in [1.54, 1.807) is 6.08 Å². The molecule has 9 nitrogen and oxygen atoms in total. The van der Waals surface area contributed by atoms with Crippen LogP contribution in [-0.2, 0) is 14.3 Å². The van der Waals surface area contributed by atoms with Crippen molar-refractivity contribution < 1.29 is 39.8 Å². The molecule has 0 bridgehead atoms. The molecule has 0 aromatic carbocycles. The smallest absolute Gasteiger partial charge is 0.220 e. The van der Waals surface area contributed by atoms with E-state index in [-0.39, 0.29) is 12.5 Å². The SMILES string of the molecule is CC/C=C\C/C=C\C/C=C\C/C=C\C/C=C\CCCCCCCC(=O)NC(COC1OC(CO)C(O)C(O)C1O)C(O)/C=C/CCCCCCCCCCCCCCCCC. The topological polar surface area (TPSA) is 149 Å². The van der Waals surface area contributed by atoms with Crippen molar-refractivity contribution in [1.82, 2.24) is 5.32 Å². The molecule has 0 aliphatic carbocycles. The molecule has 1 aliphatic heterocycles. The van der Waals surface area contributed by atoms with E-state index in [0.717, 1.165) is 89.9 Å². The number of ether oxygens (including phenoxy) is 2. The predicted octanol–water partition coefficient (Wildman–Crippen LogP) is 10.9. The van der Waals surface area contributed by atoms with Crippen LogP contribution < -0.4 is 5.32 Å². The van der Waals surface area contributed by atoms with Crippen molar-refractivity contribution in [2.24, 2.45) is 0 Å². The Balaban J connectivity index is 2.35. The van der Waals surface area contributed by atoms with Crippen molar-refractivity contribution in [2.75, 3.05) is 13.2 Å². The van der Waals surface area contributed by atoms with Crippen LogP contribution >= 0.6 is 0 Å². The monoisotopic (exact) mass is 858 g/mol. The molecule has 352 valence electrons. The summed E-state index contributed by atoms with van der Waals surface area (Å²) < 4.78 is 11.2. The largest absolute Gasteiger partial charge is 0.394 e.